The van der Waals surface area contributed by atoms with Gasteiger partial charge in [0, 0.05) is 26.2 Å². The van der Waals surface area contributed by atoms with E-state index in [2.05, 4.69) is 23.0 Å². The Bertz CT molecular complexity index is 81.1. The summed E-state index contributed by atoms with van der Waals surface area (Å²) in [5.74, 6) is 0. The summed E-state index contributed by atoms with van der Waals surface area (Å²) < 4.78 is 0. The molecule has 0 bridgehead atoms. The summed E-state index contributed by atoms with van der Waals surface area (Å²) in [7, 11) is 2.15. The van der Waals surface area contributed by atoms with Crippen LogP contribution in [0, 0.1) is 0 Å². The number of nitrogens with two attached hydrogens (primary N) is 1. The Labute approximate surface area is 61.4 Å². The van der Waals surface area contributed by atoms with Gasteiger partial charge >= 0.3 is 0 Å². The van der Waals surface area contributed by atoms with Gasteiger partial charge in [0.25, 0.3) is 0 Å². The Morgan fingerprint density at radius 2 is 1.90 bits per heavy atom. The lowest BCUT2D eigenvalue weighted by Crippen LogP contribution is -2.40. The van der Waals surface area contributed by atoms with Gasteiger partial charge in [0.2, 0.25) is 6.41 Å². The second-order valence-corrected chi connectivity index (χ2v) is 2.19. The van der Waals surface area contributed by atoms with Crippen molar-refractivity contribution in [2.24, 2.45) is 5.73 Å². The molecule has 0 saturated carbocycles. The summed E-state index contributed by atoms with van der Waals surface area (Å²) in [6.07, 6.45) is 0.250. The number of nitrogens with one attached hydrogen (secondary N) is 1. The van der Waals surface area contributed by atoms with Crippen LogP contribution in [0.25, 0.3) is 0 Å². The second kappa shape index (κ2) is 6.51. The summed E-state index contributed by atoms with van der Waals surface area (Å²) in [5, 5.41) is 3.27. The van der Waals surface area contributed by atoms with E-state index in [9.17, 15) is 0 Å². The first-order valence-corrected chi connectivity index (χ1v) is 3.36. The lowest BCUT2D eigenvalue weighted by atomic mass is 10.4. The molecule has 1 fully saturated rings. The zero-order chi connectivity index (χ0) is 7.82. The minimum atomic E-state index is 0.250. The van der Waals surface area contributed by atoms with E-state index in [1.54, 1.807) is 0 Å². The third kappa shape index (κ3) is 5.53. The first-order valence-electron chi connectivity index (χ1n) is 3.36. The lowest BCUT2D eigenvalue weighted by molar-refractivity contribution is -0.106. The molecule has 0 spiro atoms. The molecule has 1 amide bonds. The molecule has 4 nitrogen and oxygen atoms in total. The van der Waals surface area contributed by atoms with Crippen molar-refractivity contribution in [2.75, 3.05) is 33.2 Å². The average Bonchev–Trinajstić information content (AvgIpc) is 1.91. The highest BCUT2D eigenvalue weighted by atomic mass is 16.1. The van der Waals surface area contributed by atoms with Crippen LogP contribution in [0.1, 0.15) is 0 Å². The van der Waals surface area contributed by atoms with Gasteiger partial charge in [0.1, 0.15) is 0 Å². The molecule has 0 unspecified atom stereocenters. The van der Waals surface area contributed by atoms with E-state index >= 15 is 0 Å². The third-order valence-electron chi connectivity index (χ3n) is 1.34. The van der Waals surface area contributed by atoms with Crippen molar-refractivity contribution in [3.8, 4) is 0 Å². The first-order chi connectivity index (χ1) is 4.81. The number of nitrogens with zero attached hydrogens (tertiary/aromatic N) is 1. The number of amides is 1. The number of piperazine rings is 1. The molecule has 1 aliphatic rings. The maximum atomic E-state index is 8.58. The van der Waals surface area contributed by atoms with E-state index in [0.717, 1.165) is 13.1 Å². The number of rotatable bonds is 0. The zero-order valence-corrected chi connectivity index (χ0v) is 6.34. The number of primary amides is 1. The number of likely N-dealkylation sites (N-methyl/N-ethyl adjacent to an activating group) is 1. The van der Waals surface area contributed by atoms with Gasteiger partial charge in [-0.15, -0.1) is 0 Å². The summed E-state index contributed by atoms with van der Waals surface area (Å²) in [5.41, 5.74) is 4.17. The fourth-order valence-electron chi connectivity index (χ4n) is 0.777. The van der Waals surface area contributed by atoms with Gasteiger partial charge in [-0.3, -0.25) is 4.79 Å². The van der Waals surface area contributed by atoms with Crippen LogP contribution in [0.2, 0.25) is 0 Å². The average molecular weight is 145 g/mol. The molecule has 0 atom stereocenters. The molecular formula is C6H15N3O. The quantitative estimate of drug-likeness (QED) is 0.413. The maximum absolute atomic E-state index is 8.58. The van der Waals surface area contributed by atoms with Crippen molar-refractivity contribution in [2.45, 2.75) is 0 Å². The fraction of sp³-hybridized carbons (Fsp3) is 0.833. The highest BCUT2D eigenvalue weighted by molar-refractivity contribution is 5.42. The van der Waals surface area contributed by atoms with Crippen LogP contribution in [-0.4, -0.2) is 44.5 Å². The van der Waals surface area contributed by atoms with Gasteiger partial charge in [-0.1, -0.05) is 0 Å². The molecular weight excluding hydrogens is 130 g/mol. The second-order valence-electron chi connectivity index (χ2n) is 2.19. The van der Waals surface area contributed by atoms with Crippen LogP contribution in [0.15, 0.2) is 0 Å². The molecule has 4 heteroatoms. The molecule has 3 N–H and O–H groups in total. The predicted octanol–water partition coefficient (Wildman–Crippen LogP) is -1.38. The standard InChI is InChI=1S/C5H12N2.CH3NO/c1-7-4-2-6-3-5-7;2-1-3/h6H,2-5H2,1H3;1H,(H2,2,3). The predicted molar refractivity (Wildman–Crippen MR) is 40.6 cm³/mol. The SMILES string of the molecule is CN1CCNCC1.NC=O. The van der Waals surface area contributed by atoms with Gasteiger partial charge in [-0.05, 0) is 7.05 Å². The molecule has 1 aliphatic heterocycles. The Kier molecular flexibility index (Phi) is 6.11. The highest BCUT2D eigenvalue weighted by Crippen LogP contribution is 1.82. The van der Waals surface area contributed by atoms with Gasteiger partial charge in [0.05, 0.1) is 0 Å². The molecule has 10 heavy (non-hydrogen) atoms. The van der Waals surface area contributed by atoms with Crippen molar-refractivity contribution < 1.29 is 4.79 Å². The van der Waals surface area contributed by atoms with Crippen molar-refractivity contribution in [3.05, 3.63) is 0 Å². The van der Waals surface area contributed by atoms with E-state index in [1.807, 2.05) is 0 Å². The van der Waals surface area contributed by atoms with Crippen molar-refractivity contribution in [1.29, 1.82) is 0 Å². The number of hydrogen-bond acceptors (Lipinski definition) is 3. The molecule has 60 valence electrons. The molecule has 1 rings (SSSR count). The largest absolute Gasteiger partial charge is 0.372 e. The van der Waals surface area contributed by atoms with Crippen LogP contribution < -0.4 is 11.1 Å². The van der Waals surface area contributed by atoms with Crippen molar-refractivity contribution in [3.63, 3.8) is 0 Å². The van der Waals surface area contributed by atoms with Crippen LogP contribution >= 0.6 is 0 Å². The number of carbonyl (C=O) groups excluding carboxylic acids is 1. The van der Waals surface area contributed by atoms with Crippen molar-refractivity contribution in [1.82, 2.24) is 10.2 Å². The van der Waals surface area contributed by atoms with Gasteiger partial charge < -0.3 is 16.0 Å². The van der Waals surface area contributed by atoms with E-state index in [1.165, 1.54) is 13.1 Å². The van der Waals surface area contributed by atoms with Crippen molar-refractivity contribution >= 4 is 6.41 Å². The summed E-state index contributed by atoms with van der Waals surface area (Å²) in [6.45, 7) is 4.74. The smallest absolute Gasteiger partial charge is 0.204 e. The molecule has 1 heterocycles. The van der Waals surface area contributed by atoms with Crippen LogP contribution in [-0.2, 0) is 4.79 Å². The normalized spacial score (nSPS) is 18.9. The van der Waals surface area contributed by atoms with Gasteiger partial charge in [-0.25, -0.2) is 0 Å². The van der Waals surface area contributed by atoms with Crippen LogP contribution in [0.5, 0.6) is 0 Å². The van der Waals surface area contributed by atoms with E-state index in [4.69, 9.17) is 4.79 Å². The van der Waals surface area contributed by atoms with Gasteiger partial charge in [-0.2, -0.15) is 0 Å². The molecule has 0 radical (unpaired) electrons. The van der Waals surface area contributed by atoms with E-state index in [0.29, 0.717) is 0 Å². The molecule has 0 aromatic carbocycles. The Hall–Kier alpha value is -0.610. The molecule has 1 saturated heterocycles. The third-order valence-corrected chi connectivity index (χ3v) is 1.34. The summed E-state index contributed by atoms with van der Waals surface area (Å²) >= 11 is 0. The Balaban J connectivity index is 0.000000236. The Morgan fingerprint density at radius 3 is 2.10 bits per heavy atom. The fourth-order valence-corrected chi connectivity index (χ4v) is 0.777. The monoisotopic (exact) mass is 145 g/mol. The topological polar surface area (TPSA) is 58.4 Å². The molecule has 0 aromatic rings. The number of hydrogen-bond donors (Lipinski definition) is 2. The highest BCUT2D eigenvalue weighted by Gasteiger charge is 2.01. The maximum Gasteiger partial charge on any atom is 0.204 e. The summed E-state index contributed by atoms with van der Waals surface area (Å²) in [4.78, 5) is 10.9. The van der Waals surface area contributed by atoms with E-state index < -0.39 is 0 Å². The lowest BCUT2D eigenvalue weighted by Gasteiger charge is -2.21. The Morgan fingerprint density at radius 1 is 1.50 bits per heavy atom. The summed E-state index contributed by atoms with van der Waals surface area (Å²) in [6, 6.07) is 0. The minimum absolute atomic E-state index is 0.250. The van der Waals surface area contributed by atoms with Crippen LogP contribution in [0.4, 0.5) is 0 Å². The molecule has 0 aromatic heterocycles. The van der Waals surface area contributed by atoms with E-state index in [-0.39, 0.29) is 6.41 Å². The first kappa shape index (κ1) is 9.39. The van der Waals surface area contributed by atoms with Crippen LogP contribution in [0.3, 0.4) is 0 Å². The zero-order valence-electron chi connectivity index (χ0n) is 6.34. The number of carbonyl (C=O) groups is 1. The van der Waals surface area contributed by atoms with Gasteiger partial charge in [0.15, 0.2) is 0 Å². The minimum Gasteiger partial charge on any atom is -0.372 e. The molecule has 0 aliphatic carbocycles.